The fourth-order valence-corrected chi connectivity index (χ4v) is 2.67. The molecular formula is C17H29N3O. The Balaban J connectivity index is 2.13. The molecule has 4 heteroatoms. The number of hydrogen-bond donors (Lipinski definition) is 1. The zero-order valence-corrected chi connectivity index (χ0v) is 13.5. The number of anilines is 1. The monoisotopic (exact) mass is 291 g/mol. The van der Waals surface area contributed by atoms with Crippen LogP contribution in [0, 0.1) is 0 Å². The molecule has 0 radical (unpaired) electrons. The van der Waals surface area contributed by atoms with Crippen LogP contribution in [-0.2, 0) is 17.7 Å². The van der Waals surface area contributed by atoms with Gasteiger partial charge in [-0.2, -0.15) is 0 Å². The first kappa shape index (κ1) is 16.2. The summed E-state index contributed by atoms with van der Waals surface area (Å²) in [5.74, 6) is 1.12. The lowest BCUT2D eigenvalue weighted by Gasteiger charge is -2.22. The smallest absolute Gasteiger partial charge is 0.129 e. The van der Waals surface area contributed by atoms with Gasteiger partial charge in [-0.25, -0.2) is 4.98 Å². The Morgan fingerprint density at radius 1 is 1.19 bits per heavy atom. The maximum atomic E-state index is 5.55. The second kappa shape index (κ2) is 9.00. The van der Waals surface area contributed by atoms with Gasteiger partial charge in [0.15, 0.2) is 0 Å². The van der Waals surface area contributed by atoms with Crippen LogP contribution < -0.4 is 10.2 Å². The topological polar surface area (TPSA) is 37.4 Å². The molecule has 1 aromatic rings. The zero-order valence-electron chi connectivity index (χ0n) is 13.5. The highest BCUT2D eigenvalue weighted by molar-refractivity contribution is 5.43. The Kier molecular flexibility index (Phi) is 6.96. The lowest BCUT2D eigenvalue weighted by molar-refractivity contribution is 0.152. The SMILES string of the molecule is CCCNCc1cc(CCC)nc(N2CCCOCC2)c1. The maximum absolute atomic E-state index is 5.55. The number of nitrogens with one attached hydrogen (secondary N) is 1. The summed E-state index contributed by atoms with van der Waals surface area (Å²) in [6, 6.07) is 4.50. The molecule has 0 aromatic carbocycles. The van der Waals surface area contributed by atoms with E-state index in [-0.39, 0.29) is 0 Å². The third-order valence-electron chi connectivity index (χ3n) is 3.73. The molecule has 0 atom stereocenters. The summed E-state index contributed by atoms with van der Waals surface area (Å²) in [6.07, 6.45) is 4.45. The van der Waals surface area contributed by atoms with E-state index in [1.165, 1.54) is 17.7 Å². The molecule has 1 fully saturated rings. The number of nitrogens with zero attached hydrogens (tertiary/aromatic N) is 2. The molecule has 21 heavy (non-hydrogen) atoms. The molecule has 1 saturated heterocycles. The first-order valence-electron chi connectivity index (χ1n) is 8.36. The van der Waals surface area contributed by atoms with Crippen molar-refractivity contribution in [1.82, 2.24) is 10.3 Å². The summed E-state index contributed by atoms with van der Waals surface area (Å²) in [5, 5.41) is 3.49. The molecule has 2 rings (SSSR count). The highest BCUT2D eigenvalue weighted by Crippen LogP contribution is 2.18. The molecule has 1 aromatic heterocycles. The van der Waals surface area contributed by atoms with Crippen molar-refractivity contribution in [3.05, 3.63) is 23.4 Å². The molecule has 0 amide bonds. The molecule has 1 aliphatic rings. The van der Waals surface area contributed by atoms with Gasteiger partial charge in [-0.15, -0.1) is 0 Å². The van der Waals surface area contributed by atoms with E-state index in [9.17, 15) is 0 Å². The standard InChI is InChI=1S/C17H29N3O/c1-3-6-16-12-15(14-18-7-4-2)13-17(19-16)20-8-5-10-21-11-9-20/h12-13,18H,3-11,14H2,1-2H3. The highest BCUT2D eigenvalue weighted by atomic mass is 16.5. The minimum absolute atomic E-state index is 0.809. The van der Waals surface area contributed by atoms with Crippen LogP contribution in [0.25, 0.3) is 0 Å². The average molecular weight is 291 g/mol. The number of aryl methyl sites for hydroxylation is 1. The summed E-state index contributed by atoms with van der Waals surface area (Å²) in [6.45, 7) is 10.1. The summed E-state index contributed by atoms with van der Waals surface area (Å²) < 4.78 is 5.55. The fraction of sp³-hybridized carbons (Fsp3) is 0.706. The number of rotatable bonds is 7. The van der Waals surface area contributed by atoms with Gasteiger partial charge in [0.05, 0.1) is 6.61 Å². The predicted octanol–water partition coefficient (Wildman–Crippen LogP) is 2.76. The van der Waals surface area contributed by atoms with Crippen molar-refractivity contribution >= 4 is 5.82 Å². The van der Waals surface area contributed by atoms with Crippen LogP contribution in [0.3, 0.4) is 0 Å². The maximum Gasteiger partial charge on any atom is 0.129 e. The molecule has 118 valence electrons. The fourth-order valence-electron chi connectivity index (χ4n) is 2.67. The van der Waals surface area contributed by atoms with E-state index in [2.05, 4.69) is 36.2 Å². The van der Waals surface area contributed by atoms with E-state index in [4.69, 9.17) is 9.72 Å². The van der Waals surface area contributed by atoms with Gasteiger partial charge in [-0.05, 0) is 43.5 Å². The number of ether oxygens (including phenoxy) is 1. The Bertz CT molecular complexity index is 414. The summed E-state index contributed by atoms with van der Waals surface area (Å²) in [5.41, 5.74) is 2.57. The third-order valence-corrected chi connectivity index (χ3v) is 3.73. The van der Waals surface area contributed by atoms with Crippen molar-refractivity contribution in [2.24, 2.45) is 0 Å². The van der Waals surface area contributed by atoms with Gasteiger partial charge in [0.25, 0.3) is 0 Å². The lowest BCUT2D eigenvalue weighted by Crippen LogP contribution is -2.27. The minimum Gasteiger partial charge on any atom is -0.380 e. The second-order valence-electron chi connectivity index (χ2n) is 5.70. The Morgan fingerprint density at radius 3 is 2.90 bits per heavy atom. The second-order valence-corrected chi connectivity index (χ2v) is 5.70. The highest BCUT2D eigenvalue weighted by Gasteiger charge is 2.13. The predicted molar refractivity (Wildman–Crippen MR) is 87.9 cm³/mol. The largest absolute Gasteiger partial charge is 0.380 e. The van der Waals surface area contributed by atoms with Gasteiger partial charge in [0.2, 0.25) is 0 Å². The summed E-state index contributed by atoms with van der Waals surface area (Å²) in [7, 11) is 0. The van der Waals surface area contributed by atoms with Crippen LogP contribution in [0.5, 0.6) is 0 Å². The molecule has 0 saturated carbocycles. The van der Waals surface area contributed by atoms with Crippen LogP contribution in [0.15, 0.2) is 12.1 Å². The van der Waals surface area contributed by atoms with E-state index in [1.807, 2.05) is 0 Å². The van der Waals surface area contributed by atoms with Crippen molar-refractivity contribution in [2.75, 3.05) is 37.7 Å². The van der Waals surface area contributed by atoms with Gasteiger partial charge < -0.3 is 15.0 Å². The average Bonchev–Trinajstić information content (AvgIpc) is 2.77. The van der Waals surface area contributed by atoms with E-state index < -0.39 is 0 Å². The molecular weight excluding hydrogens is 262 g/mol. The molecule has 4 nitrogen and oxygen atoms in total. The Labute approximate surface area is 128 Å². The number of aromatic nitrogens is 1. The normalized spacial score (nSPS) is 16.0. The van der Waals surface area contributed by atoms with Crippen LogP contribution in [0.2, 0.25) is 0 Å². The zero-order chi connectivity index (χ0) is 14.9. The van der Waals surface area contributed by atoms with Crippen molar-refractivity contribution in [3.8, 4) is 0 Å². The quantitative estimate of drug-likeness (QED) is 0.784. The molecule has 0 unspecified atom stereocenters. The molecule has 1 aliphatic heterocycles. The molecule has 1 N–H and O–H groups in total. The van der Waals surface area contributed by atoms with Crippen molar-refractivity contribution in [2.45, 2.75) is 46.1 Å². The first-order chi connectivity index (χ1) is 10.3. The Morgan fingerprint density at radius 2 is 2.10 bits per heavy atom. The number of pyridine rings is 1. The summed E-state index contributed by atoms with van der Waals surface area (Å²) in [4.78, 5) is 7.23. The van der Waals surface area contributed by atoms with Crippen LogP contribution in [0.4, 0.5) is 5.82 Å². The number of hydrogen-bond acceptors (Lipinski definition) is 4. The van der Waals surface area contributed by atoms with E-state index in [1.54, 1.807) is 0 Å². The van der Waals surface area contributed by atoms with E-state index >= 15 is 0 Å². The van der Waals surface area contributed by atoms with E-state index in [0.717, 1.165) is 64.5 Å². The van der Waals surface area contributed by atoms with Crippen LogP contribution >= 0.6 is 0 Å². The Hall–Kier alpha value is -1.13. The minimum atomic E-state index is 0.809. The van der Waals surface area contributed by atoms with Crippen LogP contribution in [-0.4, -0.2) is 37.8 Å². The van der Waals surface area contributed by atoms with Gasteiger partial charge in [0.1, 0.15) is 5.82 Å². The van der Waals surface area contributed by atoms with Gasteiger partial charge >= 0.3 is 0 Å². The van der Waals surface area contributed by atoms with Gasteiger partial charge in [-0.3, -0.25) is 0 Å². The van der Waals surface area contributed by atoms with Crippen molar-refractivity contribution < 1.29 is 4.74 Å². The third kappa shape index (κ3) is 5.29. The lowest BCUT2D eigenvalue weighted by atomic mass is 10.1. The van der Waals surface area contributed by atoms with Gasteiger partial charge in [0, 0.05) is 31.9 Å². The van der Waals surface area contributed by atoms with Crippen molar-refractivity contribution in [1.29, 1.82) is 0 Å². The van der Waals surface area contributed by atoms with Crippen molar-refractivity contribution in [3.63, 3.8) is 0 Å². The molecule has 0 spiro atoms. The van der Waals surface area contributed by atoms with E-state index in [0.29, 0.717) is 0 Å². The summed E-state index contributed by atoms with van der Waals surface area (Å²) >= 11 is 0. The molecule has 0 aliphatic carbocycles. The van der Waals surface area contributed by atoms with Gasteiger partial charge in [-0.1, -0.05) is 20.3 Å². The first-order valence-corrected chi connectivity index (χ1v) is 8.36. The molecule has 2 heterocycles. The van der Waals surface area contributed by atoms with Crippen LogP contribution in [0.1, 0.15) is 44.4 Å². The molecule has 0 bridgehead atoms.